The monoisotopic (exact) mass is 395 g/mol. The highest BCUT2D eigenvalue weighted by molar-refractivity contribution is 7.89. The van der Waals surface area contributed by atoms with E-state index >= 15 is 0 Å². The number of morpholine rings is 1. The Kier molecular flexibility index (Phi) is 6.73. The Morgan fingerprint density at radius 1 is 1.15 bits per heavy atom. The van der Waals surface area contributed by atoms with E-state index in [0.29, 0.717) is 38.8 Å². The predicted octanol–water partition coefficient (Wildman–Crippen LogP) is 2.09. The lowest BCUT2D eigenvalue weighted by molar-refractivity contribution is 0.0730. The number of benzene rings is 1. The Morgan fingerprint density at radius 2 is 1.81 bits per heavy atom. The van der Waals surface area contributed by atoms with Crippen LogP contribution in [0.2, 0.25) is 0 Å². The first-order chi connectivity index (χ1) is 13.0. The van der Waals surface area contributed by atoms with Crippen molar-refractivity contribution in [2.45, 2.75) is 50.1 Å². The summed E-state index contributed by atoms with van der Waals surface area (Å²) in [6.07, 6.45) is 4.59. The second kappa shape index (κ2) is 9.03. The van der Waals surface area contributed by atoms with Gasteiger partial charge in [-0.25, -0.2) is 13.2 Å². The molecule has 0 spiro atoms. The smallest absolute Gasteiger partial charge is 0.315 e. The topological polar surface area (TPSA) is 87.7 Å². The summed E-state index contributed by atoms with van der Waals surface area (Å²) in [5.41, 5.74) is 0.864. The van der Waals surface area contributed by atoms with Crippen molar-refractivity contribution in [1.29, 1.82) is 0 Å². The quantitative estimate of drug-likeness (QED) is 0.799. The zero-order valence-corrected chi connectivity index (χ0v) is 16.6. The molecule has 2 N–H and O–H groups in total. The van der Waals surface area contributed by atoms with Crippen LogP contribution < -0.4 is 10.6 Å². The fourth-order valence-electron chi connectivity index (χ4n) is 3.65. The Labute approximate surface area is 161 Å². The molecule has 0 radical (unpaired) electrons. The first-order valence-electron chi connectivity index (χ1n) is 9.68. The Hall–Kier alpha value is -1.64. The molecule has 1 saturated carbocycles. The lowest BCUT2D eigenvalue weighted by Crippen LogP contribution is -2.45. The van der Waals surface area contributed by atoms with Gasteiger partial charge < -0.3 is 15.4 Å². The number of amides is 2. The molecule has 1 aromatic carbocycles. The maximum atomic E-state index is 12.6. The first-order valence-corrected chi connectivity index (χ1v) is 11.1. The Morgan fingerprint density at radius 3 is 2.48 bits per heavy atom. The van der Waals surface area contributed by atoms with Gasteiger partial charge in [0, 0.05) is 25.7 Å². The van der Waals surface area contributed by atoms with Crippen molar-refractivity contribution in [2.75, 3.05) is 26.3 Å². The van der Waals surface area contributed by atoms with E-state index in [0.717, 1.165) is 24.8 Å². The van der Waals surface area contributed by atoms with Crippen molar-refractivity contribution >= 4 is 16.1 Å². The number of nitrogens with zero attached hydrogens (tertiary/aromatic N) is 1. The molecular formula is C19H29N3O4S. The van der Waals surface area contributed by atoms with Gasteiger partial charge in [-0.1, -0.05) is 31.9 Å². The normalized spacial score (nSPS) is 24.3. The van der Waals surface area contributed by atoms with Crippen molar-refractivity contribution in [3.05, 3.63) is 29.8 Å². The third kappa shape index (κ3) is 5.21. The number of carbonyl (C=O) groups excluding carboxylic acids is 1. The second-order valence-corrected chi connectivity index (χ2v) is 9.29. The van der Waals surface area contributed by atoms with Crippen molar-refractivity contribution < 1.29 is 17.9 Å². The summed E-state index contributed by atoms with van der Waals surface area (Å²) < 4.78 is 31.9. The van der Waals surface area contributed by atoms with E-state index in [1.807, 2.05) is 0 Å². The molecule has 2 atom stereocenters. The minimum atomic E-state index is -3.48. The van der Waals surface area contributed by atoms with Gasteiger partial charge in [0.15, 0.2) is 0 Å². The Bertz CT molecular complexity index is 730. The van der Waals surface area contributed by atoms with Crippen molar-refractivity contribution in [3.8, 4) is 0 Å². The van der Waals surface area contributed by atoms with Crippen LogP contribution in [-0.4, -0.2) is 51.1 Å². The van der Waals surface area contributed by atoms with E-state index in [1.165, 1.54) is 10.7 Å². The molecule has 7 nitrogen and oxygen atoms in total. The largest absolute Gasteiger partial charge is 0.379 e. The number of hydrogen-bond donors (Lipinski definition) is 2. The SMILES string of the molecule is C[C@@H]1CCCC[C@H]1NC(=O)NCc1ccc(S(=O)(=O)N2CCOCC2)cc1. The van der Waals surface area contributed by atoms with Crippen LogP contribution in [-0.2, 0) is 21.3 Å². The van der Waals surface area contributed by atoms with Crippen molar-refractivity contribution in [1.82, 2.24) is 14.9 Å². The minimum absolute atomic E-state index is 0.168. The highest BCUT2D eigenvalue weighted by atomic mass is 32.2. The molecule has 2 amide bonds. The van der Waals surface area contributed by atoms with Gasteiger partial charge in [-0.3, -0.25) is 0 Å². The molecule has 2 fully saturated rings. The summed E-state index contributed by atoms with van der Waals surface area (Å²) in [5.74, 6) is 0.508. The summed E-state index contributed by atoms with van der Waals surface area (Å²) in [7, 11) is -3.48. The fraction of sp³-hybridized carbons (Fsp3) is 0.632. The van der Waals surface area contributed by atoms with Crippen LogP contribution in [0.3, 0.4) is 0 Å². The van der Waals surface area contributed by atoms with E-state index in [9.17, 15) is 13.2 Å². The summed E-state index contributed by atoms with van der Waals surface area (Å²) in [6, 6.07) is 6.76. The van der Waals surface area contributed by atoms with Crippen LogP contribution in [0.5, 0.6) is 0 Å². The van der Waals surface area contributed by atoms with E-state index in [1.54, 1.807) is 24.3 Å². The molecule has 0 unspecified atom stereocenters. The molecule has 1 aliphatic carbocycles. The van der Waals surface area contributed by atoms with Gasteiger partial charge in [-0.2, -0.15) is 4.31 Å². The van der Waals surface area contributed by atoms with Crippen LogP contribution in [0.25, 0.3) is 0 Å². The van der Waals surface area contributed by atoms with Crippen LogP contribution >= 0.6 is 0 Å². The Balaban J connectivity index is 1.52. The average Bonchev–Trinajstić information content (AvgIpc) is 2.69. The number of sulfonamides is 1. The summed E-state index contributed by atoms with van der Waals surface area (Å²) >= 11 is 0. The van der Waals surface area contributed by atoms with Gasteiger partial charge in [-0.15, -0.1) is 0 Å². The molecule has 1 saturated heterocycles. The molecule has 8 heteroatoms. The van der Waals surface area contributed by atoms with Gasteiger partial charge in [0.1, 0.15) is 0 Å². The van der Waals surface area contributed by atoms with Gasteiger partial charge in [0.25, 0.3) is 0 Å². The van der Waals surface area contributed by atoms with E-state index in [4.69, 9.17) is 4.74 Å². The van der Waals surface area contributed by atoms with Gasteiger partial charge in [-0.05, 0) is 36.5 Å². The van der Waals surface area contributed by atoms with Gasteiger partial charge >= 0.3 is 6.03 Å². The summed E-state index contributed by atoms with van der Waals surface area (Å²) in [6.45, 7) is 4.16. The lowest BCUT2D eigenvalue weighted by atomic mass is 9.86. The van der Waals surface area contributed by atoms with Crippen LogP contribution in [0, 0.1) is 5.92 Å². The van der Waals surface area contributed by atoms with Crippen LogP contribution in [0.4, 0.5) is 4.79 Å². The van der Waals surface area contributed by atoms with Crippen LogP contribution in [0.1, 0.15) is 38.2 Å². The molecule has 3 rings (SSSR count). The van der Waals surface area contributed by atoms with Crippen molar-refractivity contribution in [2.24, 2.45) is 5.92 Å². The molecule has 0 bridgehead atoms. The zero-order chi connectivity index (χ0) is 19.3. The third-order valence-electron chi connectivity index (χ3n) is 5.41. The predicted molar refractivity (Wildman–Crippen MR) is 103 cm³/mol. The molecule has 0 aromatic heterocycles. The van der Waals surface area contributed by atoms with Crippen LogP contribution in [0.15, 0.2) is 29.2 Å². The minimum Gasteiger partial charge on any atom is -0.379 e. The maximum absolute atomic E-state index is 12.6. The number of carbonyl (C=O) groups is 1. The first kappa shape index (κ1) is 20.1. The molecule has 1 heterocycles. The summed E-state index contributed by atoms with van der Waals surface area (Å²) in [4.78, 5) is 12.4. The van der Waals surface area contributed by atoms with E-state index < -0.39 is 10.0 Å². The van der Waals surface area contributed by atoms with Crippen molar-refractivity contribution in [3.63, 3.8) is 0 Å². The molecule has 1 aromatic rings. The van der Waals surface area contributed by atoms with E-state index in [-0.39, 0.29) is 17.0 Å². The zero-order valence-electron chi connectivity index (χ0n) is 15.8. The lowest BCUT2D eigenvalue weighted by Gasteiger charge is -2.29. The number of ether oxygens (including phenoxy) is 1. The number of rotatable bonds is 5. The highest BCUT2D eigenvalue weighted by Crippen LogP contribution is 2.23. The van der Waals surface area contributed by atoms with Gasteiger partial charge in [0.05, 0.1) is 18.1 Å². The summed E-state index contributed by atoms with van der Waals surface area (Å²) in [5, 5.41) is 5.92. The molecule has 2 aliphatic rings. The highest BCUT2D eigenvalue weighted by Gasteiger charge is 2.26. The number of hydrogen-bond acceptors (Lipinski definition) is 4. The average molecular weight is 396 g/mol. The fourth-order valence-corrected chi connectivity index (χ4v) is 5.06. The van der Waals surface area contributed by atoms with Gasteiger partial charge in [0.2, 0.25) is 10.0 Å². The standard InChI is InChI=1S/C19H29N3O4S/c1-15-4-2-3-5-18(15)21-19(23)20-14-16-6-8-17(9-7-16)27(24,25)22-10-12-26-13-11-22/h6-9,15,18H,2-5,10-14H2,1H3,(H2,20,21,23)/t15-,18-/m1/s1. The number of urea groups is 1. The molecular weight excluding hydrogens is 366 g/mol. The second-order valence-electron chi connectivity index (χ2n) is 7.36. The molecule has 1 aliphatic heterocycles. The third-order valence-corrected chi connectivity index (χ3v) is 7.33. The number of nitrogens with one attached hydrogen (secondary N) is 2. The molecule has 150 valence electrons. The maximum Gasteiger partial charge on any atom is 0.315 e. The van der Waals surface area contributed by atoms with E-state index in [2.05, 4.69) is 17.6 Å². The molecule has 27 heavy (non-hydrogen) atoms.